The Bertz CT molecular complexity index is 1170. The summed E-state index contributed by atoms with van der Waals surface area (Å²) < 4.78 is 4.94. The topological polar surface area (TPSA) is 88.1 Å². The molecule has 3 heterocycles. The summed E-state index contributed by atoms with van der Waals surface area (Å²) in [4.78, 5) is 45.2. The van der Waals surface area contributed by atoms with Gasteiger partial charge in [-0.25, -0.2) is 9.79 Å². The largest absolute Gasteiger partial charge is 0.466 e. The molecular formula is C21H16ClN3O4S2. The number of ether oxygens (including phenoxy) is 1. The van der Waals surface area contributed by atoms with Crippen molar-refractivity contribution < 1.29 is 19.1 Å². The molecule has 1 aromatic heterocycles. The molecule has 2 aliphatic rings. The lowest BCUT2D eigenvalue weighted by molar-refractivity contribution is -0.137. The Morgan fingerprint density at radius 1 is 1.23 bits per heavy atom. The van der Waals surface area contributed by atoms with Crippen LogP contribution in [0.4, 0.5) is 5.69 Å². The number of carbonyl (C=O) groups is 3. The van der Waals surface area contributed by atoms with Crippen LogP contribution >= 0.6 is 34.7 Å². The van der Waals surface area contributed by atoms with Gasteiger partial charge in [0, 0.05) is 11.0 Å². The van der Waals surface area contributed by atoms with E-state index in [0.29, 0.717) is 27.1 Å². The fourth-order valence-corrected chi connectivity index (χ4v) is 5.23. The van der Waals surface area contributed by atoms with Crippen molar-refractivity contribution in [2.24, 2.45) is 4.99 Å². The Balaban J connectivity index is 1.71. The lowest BCUT2D eigenvalue weighted by atomic mass is 10.0. The average Bonchev–Trinajstić information content (AvgIpc) is 3.28. The monoisotopic (exact) mass is 473 g/mol. The van der Waals surface area contributed by atoms with Crippen molar-refractivity contribution in [3.8, 4) is 0 Å². The first kappa shape index (κ1) is 21.4. The van der Waals surface area contributed by atoms with Gasteiger partial charge in [-0.05, 0) is 42.3 Å². The highest BCUT2D eigenvalue weighted by molar-refractivity contribution is 8.18. The molecular weight excluding hydrogens is 458 g/mol. The number of nitrogens with one attached hydrogen (secondary N) is 1. The Hall–Kier alpha value is -2.88. The number of benzene rings is 1. The molecule has 2 amide bonds. The van der Waals surface area contributed by atoms with Gasteiger partial charge < -0.3 is 10.1 Å². The number of amidine groups is 1. The number of hydrogen-bond acceptors (Lipinski definition) is 7. The number of halogens is 1. The first-order valence-corrected chi connectivity index (χ1v) is 11.2. The van der Waals surface area contributed by atoms with E-state index in [1.807, 2.05) is 17.5 Å². The lowest BCUT2D eigenvalue weighted by Crippen LogP contribution is -2.44. The van der Waals surface area contributed by atoms with Gasteiger partial charge in [0.2, 0.25) is 0 Å². The zero-order chi connectivity index (χ0) is 22.1. The summed E-state index contributed by atoms with van der Waals surface area (Å²) in [5.74, 6) is -1.47. The highest BCUT2D eigenvalue weighted by atomic mass is 35.5. The molecule has 0 aliphatic carbocycles. The van der Waals surface area contributed by atoms with Crippen LogP contribution in [0, 0.1) is 0 Å². The number of hydrogen-bond donors (Lipinski definition) is 1. The number of methoxy groups -OCH3 is 1. The normalized spacial score (nSPS) is 18.2. The van der Waals surface area contributed by atoms with E-state index in [0.717, 1.165) is 16.6 Å². The Labute approximate surface area is 191 Å². The van der Waals surface area contributed by atoms with Crippen LogP contribution < -0.4 is 5.32 Å². The quantitative estimate of drug-likeness (QED) is 0.666. The molecule has 0 radical (unpaired) electrons. The zero-order valence-electron chi connectivity index (χ0n) is 16.4. The van der Waals surface area contributed by atoms with Crippen molar-refractivity contribution in [1.82, 2.24) is 4.90 Å². The third-order valence-electron chi connectivity index (χ3n) is 4.65. The molecule has 7 nitrogen and oxygen atoms in total. The van der Waals surface area contributed by atoms with Gasteiger partial charge in [-0.1, -0.05) is 29.8 Å². The number of fused-ring (bicyclic) bond motifs is 1. The molecule has 10 heteroatoms. The van der Waals surface area contributed by atoms with Crippen LogP contribution in [0.25, 0.3) is 0 Å². The summed E-state index contributed by atoms with van der Waals surface area (Å²) in [5, 5.41) is 5.29. The number of anilines is 1. The van der Waals surface area contributed by atoms with Gasteiger partial charge in [-0.2, -0.15) is 0 Å². The Morgan fingerprint density at radius 3 is 2.68 bits per heavy atom. The van der Waals surface area contributed by atoms with Crippen LogP contribution in [0.15, 0.2) is 69.0 Å². The number of nitrogens with zero attached hydrogens (tertiary/aromatic N) is 2. The van der Waals surface area contributed by atoms with Crippen molar-refractivity contribution in [2.75, 3.05) is 12.4 Å². The van der Waals surface area contributed by atoms with Crippen LogP contribution in [0.2, 0.25) is 5.02 Å². The molecule has 31 heavy (non-hydrogen) atoms. The van der Waals surface area contributed by atoms with Gasteiger partial charge in [0.25, 0.3) is 11.8 Å². The molecule has 0 unspecified atom stereocenters. The number of carbonyl (C=O) groups excluding carboxylic acids is 3. The number of aliphatic imine (C=N–C) groups is 1. The lowest BCUT2D eigenvalue weighted by Gasteiger charge is -2.37. The van der Waals surface area contributed by atoms with Crippen molar-refractivity contribution in [2.45, 2.75) is 13.0 Å². The van der Waals surface area contributed by atoms with E-state index < -0.39 is 23.8 Å². The van der Waals surface area contributed by atoms with Gasteiger partial charge in [0.15, 0.2) is 5.17 Å². The van der Waals surface area contributed by atoms with Gasteiger partial charge in [0.1, 0.15) is 6.04 Å². The van der Waals surface area contributed by atoms with Crippen molar-refractivity contribution >= 4 is 63.3 Å². The van der Waals surface area contributed by atoms with Crippen molar-refractivity contribution in [3.05, 3.63) is 73.9 Å². The maximum absolute atomic E-state index is 13.1. The Morgan fingerprint density at radius 2 is 2.00 bits per heavy atom. The summed E-state index contributed by atoms with van der Waals surface area (Å²) in [5.41, 5.74) is 1.17. The molecule has 1 aromatic carbocycles. The second kappa shape index (κ2) is 8.70. The minimum atomic E-state index is -0.677. The van der Waals surface area contributed by atoms with E-state index in [1.54, 1.807) is 31.2 Å². The number of rotatable bonds is 4. The molecule has 1 atom stereocenters. The number of thioether (sulfide) groups is 1. The summed E-state index contributed by atoms with van der Waals surface area (Å²) >= 11 is 8.59. The SMILES string of the molecule is COC(=O)C1=C(C)N=C2SC(C(=O)Nc3ccccc3Cl)=CC(=O)N2[C@@H]1c1cccs1. The zero-order valence-corrected chi connectivity index (χ0v) is 18.8. The van der Waals surface area contributed by atoms with E-state index in [1.165, 1.54) is 29.4 Å². The number of esters is 1. The minimum Gasteiger partial charge on any atom is -0.466 e. The smallest absolute Gasteiger partial charge is 0.338 e. The van der Waals surface area contributed by atoms with Crippen LogP contribution in [-0.2, 0) is 19.1 Å². The number of para-hydroxylation sites is 1. The second-order valence-electron chi connectivity index (χ2n) is 6.56. The van der Waals surface area contributed by atoms with Crippen LogP contribution in [0.5, 0.6) is 0 Å². The highest BCUT2D eigenvalue weighted by Gasteiger charge is 2.43. The molecule has 2 aromatic rings. The molecule has 2 aliphatic heterocycles. The fraction of sp³-hybridized carbons (Fsp3) is 0.143. The van der Waals surface area contributed by atoms with E-state index >= 15 is 0 Å². The number of thiophene rings is 1. The van der Waals surface area contributed by atoms with E-state index in [9.17, 15) is 14.4 Å². The van der Waals surface area contributed by atoms with E-state index in [4.69, 9.17) is 16.3 Å². The predicted octanol–water partition coefficient (Wildman–Crippen LogP) is 4.36. The van der Waals surface area contributed by atoms with E-state index in [-0.39, 0.29) is 4.91 Å². The molecule has 158 valence electrons. The van der Waals surface area contributed by atoms with E-state index in [2.05, 4.69) is 10.3 Å². The third kappa shape index (κ3) is 4.04. The summed E-state index contributed by atoms with van der Waals surface area (Å²) in [6.07, 6.45) is 1.24. The van der Waals surface area contributed by atoms with Gasteiger partial charge in [-0.15, -0.1) is 11.3 Å². The average molecular weight is 474 g/mol. The summed E-state index contributed by atoms with van der Waals surface area (Å²) in [6.45, 7) is 1.68. The van der Waals surface area contributed by atoms with Gasteiger partial charge >= 0.3 is 5.97 Å². The number of allylic oxidation sites excluding steroid dienone is 1. The molecule has 4 rings (SSSR count). The molecule has 0 saturated heterocycles. The minimum absolute atomic E-state index is 0.180. The standard InChI is InChI=1S/C21H16ClN3O4S2/c1-11-17(20(28)29-2)18(14-8-5-9-30-14)25-16(26)10-15(31-21(25)23-11)19(27)24-13-7-4-3-6-12(13)22/h3-10,18H,1-2H3,(H,24,27)/t18-/m1/s1. The maximum Gasteiger partial charge on any atom is 0.338 e. The van der Waals surface area contributed by atoms with Crippen LogP contribution in [0.1, 0.15) is 17.8 Å². The molecule has 1 N–H and O–H groups in total. The van der Waals surface area contributed by atoms with Crippen LogP contribution in [0.3, 0.4) is 0 Å². The molecule has 0 spiro atoms. The summed E-state index contributed by atoms with van der Waals surface area (Å²) in [7, 11) is 1.29. The molecule has 0 saturated carbocycles. The molecule has 0 fully saturated rings. The van der Waals surface area contributed by atoms with Crippen LogP contribution in [-0.4, -0.2) is 35.0 Å². The highest BCUT2D eigenvalue weighted by Crippen LogP contribution is 2.43. The first-order valence-electron chi connectivity index (χ1n) is 9.10. The van der Waals surface area contributed by atoms with Gasteiger partial charge in [0.05, 0.1) is 34.0 Å². The predicted molar refractivity (Wildman–Crippen MR) is 122 cm³/mol. The van der Waals surface area contributed by atoms with Crippen molar-refractivity contribution in [3.63, 3.8) is 0 Å². The third-order valence-corrected chi connectivity index (χ3v) is 6.90. The Kier molecular flexibility index (Phi) is 5.99. The second-order valence-corrected chi connectivity index (χ2v) is 8.95. The fourth-order valence-electron chi connectivity index (χ4n) is 3.24. The van der Waals surface area contributed by atoms with Gasteiger partial charge in [-0.3, -0.25) is 14.5 Å². The summed E-state index contributed by atoms with van der Waals surface area (Å²) in [6, 6.07) is 9.84. The maximum atomic E-state index is 13.1. The molecule has 0 bridgehead atoms. The number of amides is 2. The first-order chi connectivity index (χ1) is 14.9. The van der Waals surface area contributed by atoms with Crippen molar-refractivity contribution in [1.29, 1.82) is 0 Å².